The molecule has 0 aliphatic rings. The molecule has 1 N–H and O–H groups in total. The standard InChI is InChI=1S/C13H21NO3S/c1-4-7-13(18(15,16)17)14(5-2)12-9-6-8-11(3)10-12/h6,8-10,13H,4-5,7H2,1-3H3,(H,15,16,17). The second kappa shape index (κ2) is 6.20. The molecule has 0 aromatic heterocycles. The first kappa shape index (κ1) is 15.0. The average molecular weight is 271 g/mol. The van der Waals surface area contributed by atoms with Crippen LogP contribution in [0.25, 0.3) is 0 Å². The predicted octanol–water partition coefficient (Wildman–Crippen LogP) is 2.84. The van der Waals surface area contributed by atoms with Gasteiger partial charge < -0.3 is 4.90 Å². The molecule has 0 bridgehead atoms. The van der Waals surface area contributed by atoms with E-state index >= 15 is 0 Å². The van der Waals surface area contributed by atoms with Crippen LogP contribution in [0.15, 0.2) is 24.3 Å². The van der Waals surface area contributed by atoms with Crippen LogP contribution in [0.4, 0.5) is 5.69 Å². The van der Waals surface area contributed by atoms with Gasteiger partial charge in [0.15, 0.2) is 5.37 Å². The predicted molar refractivity (Wildman–Crippen MR) is 74.4 cm³/mol. The third-order valence-corrected chi connectivity index (χ3v) is 4.08. The van der Waals surface area contributed by atoms with Crippen LogP contribution in [-0.4, -0.2) is 24.9 Å². The summed E-state index contributed by atoms with van der Waals surface area (Å²) in [5.41, 5.74) is 1.89. The largest absolute Gasteiger partial charge is 0.353 e. The molecular formula is C13H21NO3S. The fourth-order valence-corrected chi connectivity index (χ4v) is 3.20. The number of benzene rings is 1. The quantitative estimate of drug-likeness (QED) is 0.808. The molecule has 0 saturated heterocycles. The summed E-state index contributed by atoms with van der Waals surface area (Å²) in [7, 11) is -4.07. The van der Waals surface area contributed by atoms with Gasteiger partial charge in [0.25, 0.3) is 10.1 Å². The lowest BCUT2D eigenvalue weighted by molar-refractivity contribution is 0.456. The minimum Gasteiger partial charge on any atom is -0.353 e. The highest BCUT2D eigenvalue weighted by atomic mass is 32.2. The fourth-order valence-electron chi connectivity index (χ4n) is 2.07. The van der Waals surface area contributed by atoms with E-state index in [9.17, 15) is 13.0 Å². The van der Waals surface area contributed by atoms with Crippen molar-refractivity contribution in [3.63, 3.8) is 0 Å². The lowest BCUT2D eigenvalue weighted by Crippen LogP contribution is -2.41. The Morgan fingerprint density at radius 3 is 2.44 bits per heavy atom. The van der Waals surface area contributed by atoms with Crippen molar-refractivity contribution in [2.75, 3.05) is 11.4 Å². The highest BCUT2D eigenvalue weighted by Gasteiger charge is 2.28. The van der Waals surface area contributed by atoms with Gasteiger partial charge in [0.1, 0.15) is 0 Å². The van der Waals surface area contributed by atoms with Crippen LogP contribution in [0.3, 0.4) is 0 Å². The van der Waals surface area contributed by atoms with Gasteiger partial charge in [-0.1, -0.05) is 25.5 Å². The Bertz CT molecular complexity index is 485. The van der Waals surface area contributed by atoms with Gasteiger partial charge in [-0.2, -0.15) is 8.42 Å². The van der Waals surface area contributed by atoms with Crippen LogP contribution in [0.1, 0.15) is 32.3 Å². The molecule has 0 amide bonds. The van der Waals surface area contributed by atoms with E-state index in [0.717, 1.165) is 11.3 Å². The zero-order valence-corrected chi connectivity index (χ0v) is 11.9. The summed E-state index contributed by atoms with van der Waals surface area (Å²) in [4.78, 5) is 1.73. The van der Waals surface area contributed by atoms with E-state index < -0.39 is 15.5 Å². The highest BCUT2D eigenvalue weighted by Crippen LogP contribution is 2.23. The molecule has 0 aliphatic heterocycles. The zero-order valence-electron chi connectivity index (χ0n) is 11.1. The molecule has 1 unspecified atom stereocenters. The lowest BCUT2D eigenvalue weighted by atomic mass is 10.2. The molecule has 18 heavy (non-hydrogen) atoms. The van der Waals surface area contributed by atoms with E-state index in [-0.39, 0.29) is 0 Å². The van der Waals surface area contributed by atoms with Crippen LogP contribution in [0, 0.1) is 6.92 Å². The molecule has 4 nitrogen and oxygen atoms in total. The van der Waals surface area contributed by atoms with Crippen LogP contribution >= 0.6 is 0 Å². The van der Waals surface area contributed by atoms with Gasteiger partial charge in [-0.15, -0.1) is 0 Å². The van der Waals surface area contributed by atoms with Gasteiger partial charge in [-0.3, -0.25) is 4.55 Å². The number of anilines is 1. The minimum absolute atomic E-state index is 0.417. The Labute approximate surface area is 109 Å². The summed E-state index contributed by atoms with van der Waals surface area (Å²) in [6.45, 7) is 6.28. The van der Waals surface area contributed by atoms with Gasteiger partial charge >= 0.3 is 0 Å². The molecule has 0 heterocycles. The molecule has 0 radical (unpaired) electrons. The smallest absolute Gasteiger partial charge is 0.286 e. The molecule has 0 spiro atoms. The summed E-state index contributed by atoms with van der Waals surface area (Å²) in [5.74, 6) is 0. The topological polar surface area (TPSA) is 57.6 Å². The van der Waals surface area contributed by atoms with Gasteiger partial charge in [-0.25, -0.2) is 0 Å². The summed E-state index contributed by atoms with van der Waals surface area (Å²) in [6, 6.07) is 7.64. The van der Waals surface area contributed by atoms with E-state index in [1.54, 1.807) is 4.90 Å². The van der Waals surface area contributed by atoms with Crippen molar-refractivity contribution in [2.24, 2.45) is 0 Å². The van der Waals surface area contributed by atoms with E-state index in [1.807, 2.05) is 45.0 Å². The molecule has 1 aromatic rings. The second-order valence-corrected chi connectivity index (χ2v) is 5.96. The first-order valence-corrected chi connectivity index (χ1v) is 7.70. The Hall–Kier alpha value is -1.07. The van der Waals surface area contributed by atoms with Crippen molar-refractivity contribution >= 4 is 15.8 Å². The third kappa shape index (κ3) is 3.71. The van der Waals surface area contributed by atoms with Gasteiger partial charge in [0, 0.05) is 12.2 Å². The Kier molecular flexibility index (Phi) is 5.16. The highest BCUT2D eigenvalue weighted by molar-refractivity contribution is 7.86. The first-order valence-electron chi connectivity index (χ1n) is 6.19. The average Bonchev–Trinajstić information content (AvgIpc) is 2.28. The van der Waals surface area contributed by atoms with Gasteiger partial charge in [0.2, 0.25) is 0 Å². The number of hydrogen-bond acceptors (Lipinski definition) is 3. The third-order valence-electron chi connectivity index (χ3n) is 2.90. The Morgan fingerprint density at radius 1 is 1.33 bits per heavy atom. The van der Waals surface area contributed by atoms with E-state index in [2.05, 4.69) is 0 Å². The van der Waals surface area contributed by atoms with Crippen molar-refractivity contribution in [3.05, 3.63) is 29.8 Å². The zero-order chi connectivity index (χ0) is 13.8. The molecule has 102 valence electrons. The lowest BCUT2D eigenvalue weighted by Gasteiger charge is -2.30. The summed E-state index contributed by atoms with van der Waals surface area (Å²) in [6.07, 6.45) is 1.12. The summed E-state index contributed by atoms with van der Waals surface area (Å²) < 4.78 is 32.4. The molecule has 1 rings (SSSR count). The van der Waals surface area contributed by atoms with Crippen LogP contribution in [0.5, 0.6) is 0 Å². The van der Waals surface area contributed by atoms with E-state index in [1.165, 1.54) is 0 Å². The van der Waals surface area contributed by atoms with Crippen molar-refractivity contribution < 1.29 is 13.0 Å². The number of aryl methyl sites for hydroxylation is 1. The molecule has 0 aliphatic carbocycles. The number of rotatable bonds is 6. The number of nitrogens with zero attached hydrogens (tertiary/aromatic N) is 1. The molecule has 0 saturated carbocycles. The van der Waals surface area contributed by atoms with Crippen molar-refractivity contribution in [1.29, 1.82) is 0 Å². The SMILES string of the molecule is CCCC(N(CC)c1cccc(C)c1)S(=O)(=O)O. The van der Waals surface area contributed by atoms with Crippen LogP contribution in [0.2, 0.25) is 0 Å². The maximum absolute atomic E-state index is 11.5. The van der Waals surface area contributed by atoms with Gasteiger partial charge in [-0.05, 0) is 38.0 Å². The minimum atomic E-state index is -4.07. The maximum Gasteiger partial charge on any atom is 0.286 e. The summed E-state index contributed by atoms with van der Waals surface area (Å²) >= 11 is 0. The van der Waals surface area contributed by atoms with E-state index in [4.69, 9.17) is 0 Å². The van der Waals surface area contributed by atoms with E-state index in [0.29, 0.717) is 19.4 Å². The van der Waals surface area contributed by atoms with Gasteiger partial charge in [0.05, 0.1) is 0 Å². The van der Waals surface area contributed by atoms with Crippen LogP contribution < -0.4 is 4.90 Å². The van der Waals surface area contributed by atoms with Crippen LogP contribution in [-0.2, 0) is 10.1 Å². The van der Waals surface area contributed by atoms with Crippen molar-refractivity contribution in [2.45, 2.75) is 39.0 Å². The molecular weight excluding hydrogens is 250 g/mol. The maximum atomic E-state index is 11.5. The molecule has 0 fully saturated rings. The molecule has 1 aromatic carbocycles. The first-order chi connectivity index (χ1) is 8.40. The Morgan fingerprint density at radius 2 is 2.00 bits per heavy atom. The number of hydrogen-bond donors (Lipinski definition) is 1. The Balaban J connectivity index is 3.14. The normalized spacial score (nSPS) is 13.3. The second-order valence-electron chi connectivity index (χ2n) is 4.38. The van der Waals surface area contributed by atoms with Crippen molar-refractivity contribution in [1.82, 2.24) is 0 Å². The van der Waals surface area contributed by atoms with Crippen molar-refractivity contribution in [3.8, 4) is 0 Å². The summed E-state index contributed by atoms with van der Waals surface area (Å²) in [5, 5.41) is -0.866. The molecule has 5 heteroatoms. The molecule has 1 atom stereocenters. The monoisotopic (exact) mass is 271 g/mol. The fraction of sp³-hybridized carbons (Fsp3) is 0.538.